The lowest BCUT2D eigenvalue weighted by molar-refractivity contribution is -0.136. The number of esters is 1. The second-order valence-electron chi connectivity index (χ2n) is 5.55. The van der Waals surface area contributed by atoms with Crippen molar-refractivity contribution in [2.45, 2.75) is 31.7 Å². The van der Waals surface area contributed by atoms with Gasteiger partial charge in [0.25, 0.3) is 5.91 Å². The molecule has 0 atom stereocenters. The molecular weight excluding hydrogens is 310 g/mol. The summed E-state index contributed by atoms with van der Waals surface area (Å²) in [4.78, 5) is 27.6. The van der Waals surface area contributed by atoms with E-state index in [9.17, 15) is 9.59 Å². The molecule has 0 spiro atoms. The van der Waals surface area contributed by atoms with Crippen molar-refractivity contribution in [3.8, 4) is 0 Å². The van der Waals surface area contributed by atoms with Gasteiger partial charge in [0, 0.05) is 16.6 Å². The maximum absolute atomic E-state index is 12.7. The van der Waals surface area contributed by atoms with Gasteiger partial charge < -0.3 is 9.64 Å². The van der Waals surface area contributed by atoms with Crippen LogP contribution in [0.25, 0.3) is 6.08 Å². The second-order valence-corrected chi connectivity index (χ2v) is 6.43. The summed E-state index contributed by atoms with van der Waals surface area (Å²) < 4.78 is 4.87. The molecule has 4 nitrogen and oxygen atoms in total. The van der Waals surface area contributed by atoms with Crippen molar-refractivity contribution in [1.29, 1.82) is 0 Å². The lowest BCUT2D eigenvalue weighted by Crippen LogP contribution is -2.31. The van der Waals surface area contributed by atoms with Crippen LogP contribution in [0.3, 0.4) is 0 Å². The molecular formula is C18H21NO3S. The molecule has 1 heterocycles. The largest absolute Gasteiger partial charge is 0.465 e. The summed E-state index contributed by atoms with van der Waals surface area (Å²) >= 11 is 1.66. The van der Waals surface area contributed by atoms with Gasteiger partial charge in [0.05, 0.1) is 18.3 Å². The van der Waals surface area contributed by atoms with Crippen LogP contribution in [0.1, 0.15) is 26.3 Å². The van der Waals surface area contributed by atoms with Crippen molar-refractivity contribution in [2.75, 3.05) is 13.4 Å². The predicted octanol–water partition coefficient (Wildman–Crippen LogP) is 3.49. The summed E-state index contributed by atoms with van der Waals surface area (Å²) in [5, 5.41) is 0. The summed E-state index contributed by atoms with van der Waals surface area (Å²) in [6.45, 7) is 5.63. The SMILES string of the molecule is COC(=O)C1=C(C)N(C(C)C)C(=O)/C1=C\c1ccc(SC)cc1. The van der Waals surface area contributed by atoms with Crippen LogP contribution in [0.4, 0.5) is 0 Å². The Morgan fingerprint density at radius 2 is 1.87 bits per heavy atom. The van der Waals surface area contributed by atoms with E-state index in [0.717, 1.165) is 10.5 Å². The normalized spacial score (nSPS) is 16.7. The summed E-state index contributed by atoms with van der Waals surface area (Å²) in [7, 11) is 1.33. The zero-order valence-corrected chi connectivity index (χ0v) is 14.9. The van der Waals surface area contributed by atoms with Gasteiger partial charge in [-0.15, -0.1) is 11.8 Å². The molecule has 1 aliphatic heterocycles. The monoisotopic (exact) mass is 331 g/mol. The van der Waals surface area contributed by atoms with Gasteiger partial charge in [0.15, 0.2) is 0 Å². The van der Waals surface area contributed by atoms with Crippen LogP contribution in [0.2, 0.25) is 0 Å². The number of hydrogen-bond donors (Lipinski definition) is 0. The zero-order chi connectivity index (χ0) is 17.1. The van der Waals surface area contributed by atoms with Gasteiger partial charge in [-0.25, -0.2) is 4.79 Å². The molecule has 0 saturated carbocycles. The van der Waals surface area contributed by atoms with E-state index in [1.165, 1.54) is 7.11 Å². The highest BCUT2D eigenvalue weighted by Gasteiger charge is 2.38. The van der Waals surface area contributed by atoms with Crippen molar-refractivity contribution in [2.24, 2.45) is 0 Å². The Hall–Kier alpha value is -2.01. The molecule has 23 heavy (non-hydrogen) atoms. The number of benzene rings is 1. The van der Waals surface area contributed by atoms with Gasteiger partial charge in [0.2, 0.25) is 0 Å². The molecule has 0 saturated heterocycles. The average Bonchev–Trinajstić information content (AvgIpc) is 2.78. The van der Waals surface area contributed by atoms with E-state index in [4.69, 9.17) is 4.74 Å². The van der Waals surface area contributed by atoms with Crippen LogP contribution in [-0.2, 0) is 14.3 Å². The van der Waals surface area contributed by atoms with Gasteiger partial charge in [-0.3, -0.25) is 4.79 Å². The highest BCUT2D eigenvalue weighted by atomic mass is 32.2. The maximum Gasteiger partial charge on any atom is 0.340 e. The molecule has 1 aliphatic rings. The molecule has 0 radical (unpaired) electrons. The van der Waals surface area contributed by atoms with Crippen LogP contribution in [0.15, 0.2) is 46.0 Å². The molecule has 0 bridgehead atoms. The van der Waals surface area contributed by atoms with Crippen molar-refractivity contribution in [3.05, 3.63) is 46.7 Å². The molecule has 0 fully saturated rings. The van der Waals surface area contributed by atoms with E-state index in [1.54, 1.807) is 29.7 Å². The van der Waals surface area contributed by atoms with Gasteiger partial charge in [-0.1, -0.05) is 12.1 Å². The fraction of sp³-hybridized carbons (Fsp3) is 0.333. The van der Waals surface area contributed by atoms with Crippen LogP contribution >= 0.6 is 11.8 Å². The van der Waals surface area contributed by atoms with Gasteiger partial charge in [-0.2, -0.15) is 0 Å². The summed E-state index contributed by atoms with van der Waals surface area (Å²) in [6.07, 6.45) is 3.76. The number of carbonyl (C=O) groups is 2. The number of amides is 1. The van der Waals surface area contributed by atoms with Crippen molar-refractivity contribution < 1.29 is 14.3 Å². The molecule has 2 rings (SSSR count). The zero-order valence-electron chi connectivity index (χ0n) is 14.0. The van der Waals surface area contributed by atoms with E-state index >= 15 is 0 Å². The molecule has 0 N–H and O–H groups in total. The number of methoxy groups -OCH3 is 1. The highest BCUT2D eigenvalue weighted by molar-refractivity contribution is 7.98. The minimum absolute atomic E-state index is 0.0214. The fourth-order valence-corrected chi connectivity index (χ4v) is 3.09. The number of hydrogen-bond acceptors (Lipinski definition) is 4. The van der Waals surface area contributed by atoms with Crippen LogP contribution in [0.5, 0.6) is 0 Å². The van der Waals surface area contributed by atoms with E-state index < -0.39 is 5.97 Å². The first-order chi connectivity index (χ1) is 10.9. The van der Waals surface area contributed by atoms with Crippen molar-refractivity contribution in [1.82, 2.24) is 4.90 Å². The Morgan fingerprint density at radius 3 is 2.35 bits per heavy atom. The highest BCUT2D eigenvalue weighted by Crippen LogP contribution is 2.33. The molecule has 0 aromatic heterocycles. The van der Waals surface area contributed by atoms with E-state index in [2.05, 4.69) is 0 Å². The summed E-state index contributed by atoms with van der Waals surface area (Å²) in [5.74, 6) is -0.641. The van der Waals surface area contributed by atoms with Gasteiger partial charge in [-0.05, 0) is 50.8 Å². The first kappa shape index (κ1) is 17.3. The lowest BCUT2D eigenvalue weighted by atomic mass is 10.0. The Bertz CT molecular complexity index is 687. The Labute approximate surface area is 141 Å². The quantitative estimate of drug-likeness (QED) is 0.481. The van der Waals surface area contributed by atoms with Gasteiger partial charge in [0.1, 0.15) is 0 Å². The summed E-state index contributed by atoms with van der Waals surface area (Å²) in [5.41, 5.74) is 2.26. The minimum Gasteiger partial charge on any atom is -0.465 e. The van der Waals surface area contributed by atoms with Crippen molar-refractivity contribution in [3.63, 3.8) is 0 Å². The van der Waals surface area contributed by atoms with Crippen LogP contribution in [-0.4, -0.2) is 36.2 Å². The topological polar surface area (TPSA) is 46.6 Å². The molecule has 0 unspecified atom stereocenters. The smallest absolute Gasteiger partial charge is 0.340 e. The molecule has 1 amide bonds. The fourth-order valence-electron chi connectivity index (χ4n) is 2.69. The number of nitrogens with zero attached hydrogens (tertiary/aromatic N) is 1. The Balaban J connectivity index is 2.51. The number of allylic oxidation sites excluding steroid dienone is 1. The third-order valence-electron chi connectivity index (χ3n) is 3.77. The molecule has 1 aromatic rings. The number of ether oxygens (including phenoxy) is 1. The summed E-state index contributed by atoms with van der Waals surface area (Å²) in [6, 6.07) is 7.84. The van der Waals surface area contributed by atoms with Crippen LogP contribution in [0, 0.1) is 0 Å². The third kappa shape index (κ3) is 3.34. The first-order valence-corrected chi connectivity index (χ1v) is 8.62. The number of carbonyl (C=O) groups excluding carboxylic acids is 2. The van der Waals surface area contributed by atoms with Gasteiger partial charge >= 0.3 is 5.97 Å². The van der Waals surface area contributed by atoms with E-state index in [-0.39, 0.29) is 11.9 Å². The van der Waals surface area contributed by atoms with Crippen molar-refractivity contribution >= 4 is 29.7 Å². The maximum atomic E-state index is 12.7. The van der Waals surface area contributed by atoms with E-state index in [1.807, 2.05) is 44.4 Å². The predicted molar refractivity (Wildman–Crippen MR) is 92.9 cm³/mol. The average molecular weight is 331 g/mol. The van der Waals surface area contributed by atoms with E-state index in [0.29, 0.717) is 16.8 Å². The molecule has 122 valence electrons. The lowest BCUT2D eigenvalue weighted by Gasteiger charge is -2.22. The first-order valence-electron chi connectivity index (χ1n) is 7.39. The third-order valence-corrected chi connectivity index (χ3v) is 4.52. The number of thioether (sulfide) groups is 1. The Kier molecular flexibility index (Phi) is 5.31. The van der Waals surface area contributed by atoms with Crippen LogP contribution < -0.4 is 0 Å². The Morgan fingerprint density at radius 1 is 1.26 bits per heavy atom. The molecule has 0 aliphatic carbocycles. The standard InChI is InChI=1S/C18H21NO3S/c1-11(2)19-12(3)16(18(21)22-4)15(17(19)20)10-13-6-8-14(23-5)9-7-13/h6-11H,1-5H3/b15-10-. The molecule has 1 aromatic carbocycles. The second kappa shape index (κ2) is 7.04. The number of rotatable bonds is 4. The minimum atomic E-state index is -0.481. The molecule has 5 heteroatoms.